The Labute approximate surface area is 116 Å². The first kappa shape index (κ1) is 15.2. The fourth-order valence-electron chi connectivity index (χ4n) is 1.34. The second-order valence-electron chi connectivity index (χ2n) is 4.76. The minimum atomic E-state index is -0.149. The van der Waals surface area contributed by atoms with Gasteiger partial charge < -0.3 is 10.1 Å². The van der Waals surface area contributed by atoms with Crippen LogP contribution >= 0.6 is 15.9 Å². The number of ether oxygens (including phenoxy) is 1. The van der Waals surface area contributed by atoms with Crippen molar-refractivity contribution in [3.05, 3.63) is 21.0 Å². The molecule has 0 saturated heterocycles. The summed E-state index contributed by atoms with van der Waals surface area (Å²) in [6.07, 6.45) is 2.62. The van der Waals surface area contributed by atoms with Crippen molar-refractivity contribution in [1.82, 2.24) is 9.78 Å². The minimum Gasteiger partial charge on any atom is -0.383 e. The highest BCUT2D eigenvalue weighted by atomic mass is 79.9. The lowest BCUT2D eigenvalue weighted by atomic mass is 10.0. The van der Waals surface area contributed by atoms with Crippen molar-refractivity contribution in [1.29, 1.82) is 0 Å². The molecule has 0 fully saturated rings. The lowest BCUT2D eigenvalue weighted by Gasteiger charge is -2.26. The molecule has 0 aliphatic heterocycles. The number of aromatic nitrogens is 2. The summed E-state index contributed by atoms with van der Waals surface area (Å²) in [7, 11) is 1.60. The summed E-state index contributed by atoms with van der Waals surface area (Å²) >= 11 is 3.33. The monoisotopic (exact) mass is 317 g/mol. The lowest BCUT2D eigenvalue weighted by molar-refractivity contribution is 0.181. The smallest absolute Gasteiger partial charge is 0.283 e. The van der Waals surface area contributed by atoms with E-state index in [1.165, 1.54) is 4.68 Å². The van der Waals surface area contributed by atoms with Gasteiger partial charge in [-0.1, -0.05) is 6.92 Å². The Morgan fingerprint density at radius 1 is 1.56 bits per heavy atom. The standard InChI is InChI=1S/C12H20BrN3O2/c1-5-12(2,3)15-9-8-14-16(6-7-18-4)11(17)10(9)13/h8,15H,5-7H2,1-4H3. The molecule has 0 atom stereocenters. The summed E-state index contributed by atoms with van der Waals surface area (Å²) in [5.74, 6) is 0. The van der Waals surface area contributed by atoms with Gasteiger partial charge in [0.25, 0.3) is 5.56 Å². The van der Waals surface area contributed by atoms with Crippen LogP contribution in [0, 0.1) is 0 Å². The molecule has 1 rings (SSSR count). The Hall–Kier alpha value is -0.880. The van der Waals surface area contributed by atoms with Crippen molar-refractivity contribution in [2.45, 2.75) is 39.3 Å². The van der Waals surface area contributed by atoms with E-state index in [2.05, 4.69) is 47.1 Å². The van der Waals surface area contributed by atoms with Crippen LogP contribution in [-0.4, -0.2) is 29.0 Å². The van der Waals surface area contributed by atoms with E-state index in [0.717, 1.165) is 12.1 Å². The third-order valence-corrected chi connectivity index (χ3v) is 3.62. The summed E-state index contributed by atoms with van der Waals surface area (Å²) in [5, 5.41) is 7.43. The van der Waals surface area contributed by atoms with Crippen LogP contribution in [0.5, 0.6) is 0 Å². The van der Waals surface area contributed by atoms with Gasteiger partial charge in [-0.25, -0.2) is 4.68 Å². The van der Waals surface area contributed by atoms with E-state index in [1.807, 2.05) is 0 Å². The van der Waals surface area contributed by atoms with Gasteiger partial charge in [0, 0.05) is 12.6 Å². The van der Waals surface area contributed by atoms with Crippen LogP contribution in [-0.2, 0) is 11.3 Å². The lowest BCUT2D eigenvalue weighted by Crippen LogP contribution is -2.32. The van der Waals surface area contributed by atoms with E-state index >= 15 is 0 Å². The highest BCUT2D eigenvalue weighted by molar-refractivity contribution is 9.10. The molecule has 0 amide bonds. The van der Waals surface area contributed by atoms with Crippen LogP contribution < -0.4 is 10.9 Å². The SMILES string of the molecule is CCC(C)(C)Nc1cnn(CCOC)c(=O)c1Br. The molecule has 0 spiro atoms. The molecule has 0 aliphatic carbocycles. The number of nitrogens with zero attached hydrogens (tertiary/aromatic N) is 2. The highest BCUT2D eigenvalue weighted by Crippen LogP contribution is 2.22. The third-order valence-electron chi connectivity index (χ3n) is 2.85. The van der Waals surface area contributed by atoms with Gasteiger partial charge in [-0.15, -0.1) is 0 Å². The van der Waals surface area contributed by atoms with Crippen molar-refractivity contribution >= 4 is 21.6 Å². The molecular weight excluding hydrogens is 298 g/mol. The molecule has 18 heavy (non-hydrogen) atoms. The minimum absolute atomic E-state index is 0.0741. The third kappa shape index (κ3) is 3.81. The average Bonchev–Trinajstić information content (AvgIpc) is 2.34. The van der Waals surface area contributed by atoms with Gasteiger partial charge in [-0.05, 0) is 36.2 Å². The number of nitrogens with one attached hydrogen (secondary N) is 1. The van der Waals surface area contributed by atoms with Crippen LogP contribution in [0.25, 0.3) is 0 Å². The first-order valence-corrected chi connectivity index (χ1v) is 6.73. The summed E-state index contributed by atoms with van der Waals surface area (Å²) in [4.78, 5) is 12.0. The Bertz CT molecular complexity index is 457. The molecule has 1 aromatic heterocycles. The van der Waals surface area contributed by atoms with E-state index in [9.17, 15) is 4.79 Å². The van der Waals surface area contributed by atoms with Crippen LogP contribution in [0.1, 0.15) is 27.2 Å². The van der Waals surface area contributed by atoms with Crippen LogP contribution in [0.4, 0.5) is 5.69 Å². The number of halogens is 1. The van der Waals surface area contributed by atoms with Crippen molar-refractivity contribution in [2.24, 2.45) is 0 Å². The number of methoxy groups -OCH3 is 1. The van der Waals surface area contributed by atoms with Gasteiger partial charge >= 0.3 is 0 Å². The predicted octanol–water partition coefficient (Wildman–Crippen LogP) is 2.25. The first-order chi connectivity index (χ1) is 8.41. The zero-order valence-electron chi connectivity index (χ0n) is 11.3. The zero-order chi connectivity index (χ0) is 13.8. The Morgan fingerprint density at radius 2 is 2.22 bits per heavy atom. The average molecular weight is 318 g/mol. The summed E-state index contributed by atoms with van der Waals surface area (Å²) in [6, 6.07) is 0. The Kier molecular flexibility index (Phi) is 5.34. The van der Waals surface area contributed by atoms with E-state index in [4.69, 9.17) is 4.74 Å². The molecule has 0 aromatic carbocycles. The second-order valence-corrected chi connectivity index (χ2v) is 5.55. The Morgan fingerprint density at radius 3 is 2.78 bits per heavy atom. The van der Waals surface area contributed by atoms with Gasteiger partial charge in [0.05, 0.1) is 25.0 Å². The van der Waals surface area contributed by atoms with E-state index in [-0.39, 0.29) is 11.1 Å². The predicted molar refractivity (Wildman–Crippen MR) is 76.1 cm³/mol. The van der Waals surface area contributed by atoms with Crippen molar-refractivity contribution in [3.63, 3.8) is 0 Å². The maximum Gasteiger partial charge on any atom is 0.283 e. The first-order valence-electron chi connectivity index (χ1n) is 5.94. The number of hydrogen-bond acceptors (Lipinski definition) is 4. The molecule has 1 aromatic rings. The number of anilines is 1. The number of hydrogen-bond donors (Lipinski definition) is 1. The largest absolute Gasteiger partial charge is 0.383 e. The maximum atomic E-state index is 12.0. The fraction of sp³-hybridized carbons (Fsp3) is 0.667. The molecule has 5 nitrogen and oxygen atoms in total. The Balaban J connectivity index is 2.98. The fourth-order valence-corrected chi connectivity index (χ4v) is 1.75. The topological polar surface area (TPSA) is 56.1 Å². The van der Waals surface area contributed by atoms with E-state index in [1.54, 1.807) is 13.3 Å². The molecule has 1 heterocycles. The van der Waals surface area contributed by atoms with Gasteiger partial charge in [-0.2, -0.15) is 5.10 Å². The zero-order valence-corrected chi connectivity index (χ0v) is 12.9. The van der Waals surface area contributed by atoms with Gasteiger partial charge in [0.2, 0.25) is 0 Å². The maximum absolute atomic E-state index is 12.0. The van der Waals surface area contributed by atoms with Gasteiger partial charge in [-0.3, -0.25) is 4.79 Å². The molecule has 0 saturated carbocycles. The summed E-state index contributed by atoms with van der Waals surface area (Å²) < 4.78 is 6.83. The molecular formula is C12H20BrN3O2. The molecule has 6 heteroatoms. The van der Waals surface area contributed by atoms with Crippen LogP contribution in [0.2, 0.25) is 0 Å². The molecule has 0 unspecified atom stereocenters. The summed E-state index contributed by atoms with van der Waals surface area (Å²) in [6.45, 7) is 7.16. The molecule has 1 N–H and O–H groups in total. The van der Waals surface area contributed by atoms with Crippen LogP contribution in [0.3, 0.4) is 0 Å². The summed E-state index contributed by atoms with van der Waals surface area (Å²) in [5.41, 5.74) is 0.500. The van der Waals surface area contributed by atoms with Gasteiger partial charge in [0.1, 0.15) is 4.47 Å². The van der Waals surface area contributed by atoms with E-state index < -0.39 is 0 Å². The highest BCUT2D eigenvalue weighted by Gasteiger charge is 2.17. The molecule has 102 valence electrons. The molecule has 0 aliphatic rings. The molecule has 0 bridgehead atoms. The quantitative estimate of drug-likeness (QED) is 0.874. The van der Waals surface area contributed by atoms with Crippen molar-refractivity contribution < 1.29 is 4.74 Å². The number of rotatable bonds is 6. The second kappa shape index (κ2) is 6.33. The van der Waals surface area contributed by atoms with Gasteiger partial charge in [0.15, 0.2) is 0 Å². The van der Waals surface area contributed by atoms with Crippen molar-refractivity contribution in [3.8, 4) is 0 Å². The van der Waals surface area contributed by atoms with E-state index in [0.29, 0.717) is 17.6 Å². The van der Waals surface area contributed by atoms with Crippen LogP contribution in [0.15, 0.2) is 15.5 Å². The molecule has 0 radical (unpaired) electrons. The van der Waals surface area contributed by atoms with Crippen molar-refractivity contribution in [2.75, 3.05) is 19.0 Å². The normalized spacial score (nSPS) is 11.6.